The molecule has 1 heterocycles. The van der Waals surface area contributed by atoms with Crippen LogP contribution in [0.5, 0.6) is 5.75 Å². The molecule has 1 N–H and O–H groups in total. The van der Waals surface area contributed by atoms with E-state index in [0.717, 1.165) is 18.4 Å². The third kappa shape index (κ3) is 3.26. The van der Waals surface area contributed by atoms with Crippen LogP contribution in [-0.2, 0) is 12.8 Å². The van der Waals surface area contributed by atoms with Gasteiger partial charge in [-0.25, -0.2) is 0 Å². The zero-order valence-electron chi connectivity index (χ0n) is 12.0. The van der Waals surface area contributed by atoms with E-state index in [1.807, 2.05) is 24.3 Å². The van der Waals surface area contributed by atoms with E-state index in [0.29, 0.717) is 23.6 Å². The van der Waals surface area contributed by atoms with E-state index in [9.17, 15) is 9.90 Å². The SMILES string of the molecule is O=Cc1ccc(-c2ccc(CCc3ccc(O)cc3)cc2)o1. The lowest BCUT2D eigenvalue weighted by molar-refractivity contribution is 0.110. The van der Waals surface area contributed by atoms with Crippen LogP contribution in [0.15, 0.2) is 65.1 Å². The fourth-order valence-electron chi connectivity index (χ4n) is 2.36. The number of rotatable bonds is 5. The predicted molar refractivity (Wildman–Crippen MR) is 85.0 cm³/mol. The smallest absolute Gasteiger partial charge is 0.185 e. The zero-order chi connectivity index (χ0) is 15.4. The average Bonchev–Trinajstić information content (AvgIpc) is 3.04. The summed E-state index contributed by atoms with van der Waals surface area (Å²) in [6, 6.07) is 18.9. The summed E-state index contributed by atoms with van der Waals surface area (Å²) in [5.41, 5.74) is 3.39. The molecule has 1 aromatic heterocycles. The molecule has 22 heavy (non-hydrogen) atoms. The quantitative estimate of drug-likeness (QED) is 0.715. The van der Waals surface area contributed by atoms with Crippen LogP contribution >= 0.6 is 0 Å². The van der Waals surface area contributed by atoms with Crippen molar-refractivity contribution in [1.82, 2.24) is 0 Å². The molecule has 2 aromatic carbocycles. The summed E-state index contributed by atoms with van der Waals surface area (Å²) < 4.78 is 5.41. The predicted octanol–water partition coefficient (Wildman–Crippen LogP) is 4.25. The summed E-state index contributed by atoms with van der Waals surface area (Å²) in [5, 5.41) is 9.27. The first-order valence-electron chi connectivity index (χ1n) is 7.17. The molecule has 0 unspecified atom stereocenters. The minimum absolute atomic E-state index is 0.293. The van der Waals surface area contributed by atoms with Gasteiger partial charge in [0.1, 0.15) is 11.5 Å². The molecule has 0 saturated carbocycles. The Morgan fingerprint density at radius 2 is 1.41 bits per heavy atom. The van der Waals surface area contributed by atoms with E-state index in [-0.39, 0.29) is 0 Å². The van der Waals surface area contributed by atoms with E-state index in [2.05, 4.69) is 12.1 Å². The van der Waals surface area contributed by atoms with Crippen LogP contribution in [0.25, 0.3) is 11.3 Å². The van der Waals surface area contributed by atoms with Gasteiger partial charge < -0.3 is 9.52 Å². The minimum atomic E-state index is 0.293. The van der Waals surface area contributed by atoms with Crippen molar-refractivity contribution in [2.24, 2.45) is 0 Å². The van der Waals surface area contributed by atoms with Crippen LogP contribution in [0.4, 0.5) is 0 Å². The number of phenolic OH excluding ortho intramolecular Hbond substituents is 1. The summed E-state index contributed by atoms with van der Waals surface area (Å²) in [5.74, 6) is 1.33. The number of carbonyl (C=O) groups excluding carboxylic acids is 1. The standard InChI is InChI=1S/C19H16O3/c20-13-18-11-12-19(22-18)16-7-3-14(4-8-16)1-2-15-5-9-17(21)10-6-15/h3-13,21H,1-2H2. The molecule has 0 amide bonds. The molecule has 0 bridgehead atoms. The van der Waals surface area contributed by atoms with Crippen LogP contribution in [0.2, 0.25) is 0 Å². The lowest BCUT2D eigenvalue weighted by atomic mass is 10.0. The van der Waals surface area contributed by atoms with Crippen molar-refractivity contribution in [3.8, 4) is 17.1 Å². The highest BCUT2D eigenvalue weighted by molar-refractivity contribution is 5.72. The Hall–Kier alpha value is -2.81. The number of hydrogen-bond donors (Lipinski definition) is 1. The normalized spacial score (nSPS) is 10.5. The molecule has 3 aromatic rings. The molecule has 3 heteroatoms. The minimum Gasteiger partial charge on any atom is -0.508 e. The maximum absolute atomic E-state index is 10.6. The number of benzene rings is 2. The van der Waals surface area contributed by atoms with Crippen LogP contribution < -0.4 is 0 Å². The number of aldehydes is 1. The summed E-state index contributed by atoms with van der Waals surface area (Å²) in [4.78, 5) is 10.6. The summed E-state index contributed by atoms with van der Waals surface area (Å²) in [6.07, 6.45) is 2.56. The molecule has 110 valence electrons. The van der Waals surface area contributed by atoms with Crippen molar-refractivity contribution in [2.45, 2.75) is 12.8 Å². The Kier molecular flexibility index (Phi) is 4.05. The van der Waals surface area contributed by atoms with Gasteiger partial charge in [0.15, 0.2) is 12.0 Å². The lowest BCUT2D eigenvalue weighted by Crippen LogP contribution is -1.91. The Morgan fingerprint density at radius 1 is 0.818 bits per heavy atom. The van der Waals surface area contributed by atoms with Crippen molar-refractivity contribution < 1.29 is 14.3 Å². The van der Waals surface area contributed by atoms with E-state index in [1.165, 1.54) is 11.1 Å². The molecular formula is C19H16O3. The zero-order valence-corrected chi connectivity index (χ0v) is 12.0. The first-order chi connectivity index (χ1) is 10.7. The van der Waals surface area contributed by atoms with Crippen molar-refractivity contribution in [3.05, 3.63) is 77.6 Å². The first-order valence-corrected chi connectivity index (χ1v) is 7.17. The molecule has 0 fully saturated rings. The summed E-state index contributed by atoms with van der Waals surface area (Å²) >= 11 is 0. The Morgan fingerprint density at radius 3 is 1.95 bits per heavy atom. The fraction of sp³-hybridized carbons (Fsp3) is 0.105. The van der Waals surface area contributed by atoms with Gasteiger partial charge in [-0.05, 0) is 48.2 Å². The van der Waals surface area contributed by atoms with Crippen molar-refractivity contribution >= 4 is 6.29 Å². The van der Waals surface area contributed by atoms with Crippen molar-refractivity contribution in [3.63, 3.8) is 0 Å². The maximum atomic E-state index is 10.6. The van der Waals surface area contributed by atoms with Crippen molar-refractivity contribution in [1.29, 1.82) is 0 Å². The van der Waals surface area contributed by atoms with Crippen LogP contribution in [0.3, 0.4) is 0 Å². The molecule has 0 atom stereocenters. The molecule has 3 rings (SSSR count). The van der Waals surface area contributed by atoms with Crippen LogP contribution in [0.1, 0.15) is 21.7 Å². The number of furan rings is 1. The third-order valence-corrected chi connectivity index (χ3v) is 3.62. The van der Waals surface area contributed by atoms with E-state index >= 15 is 0 Å². The molecule has 0 saturated heterocycles. The van der Waals surface area contributed by atoms with Gasteiger partial charge in [-0.2, -0.15) is 0 Å². The van der Waals surface area contributed by atoms with Gasteiger partial charge in [0.2, 0.25) is 0 Å². The number of phenols is 1. The molecule has 0 aliphatic rings. The van der Waals surface area contributed by atoms with Gasteiger partial charge in [0.05, 0.1) is 0 Å². The van der Waals surface area contributed by atoms with Crippen LogP contribution in [0, 0.1) is 0 Å². The van der Waals surface area contributed by atoms with Gasteiger partial charge >= 0.3 is 0 Å². The number of aromatic hydroxyl groups is 1. The largest absolute Gasteiger partial charge is 0.508 e. The van der Waals surface area contributed by atoms with Gasteiger partial charge in [-0.15, -0.1) is 0 Å². The monoisotopic (exact) mass is 292 g/mol. The van der Waals surface area contributed by atoms with Crippen molar-refractivity contribution in [2.75, 3.05) is 0 Å². The maximum Gasteiger partial charge on any atom is 0.185 e. The fourth-order valence-corrected chi connectivity index (χ4v) is 2.36. The molecular weight excluding hydrogens is 276 g/mol. The highest BCUT2D eigenvalue weighted by Gasteiger charge is 2.04. The summed E-state index contributed by atoms with van der Waals surface area (Å²) in [6.45, 7) is 0. The number of hydrogen-bond acceptors (Lipinski definition) is 3. The first kappa shape index (κ1) is 14.1. The molecule has 0 radical (unpaired) electrons. The van der Waals surface area contributed by atoms with E-state index in [4.69, 9.17) is 4.42 Å². The Bertz CT molecular complexity index is 752. The summed E-state index contributed by atoms with van der Waals surface area (Å²) in [7, 11) is 0. The Balaban J connectivity index is 1.66. The second kappa shape index (κ2) is 6.31. The van der Waals surface area contributed by atoms with Gasteiger partial charge in [0.25, 0.3) is 0 Å². The van der Waals surface area contributed by atoms with Crippen LogP contribution in [-0.4, -0.2) is 11.4 Å². The topological polar surface area (TPSA) is 50.4 Å². The highest BCUT2D eigenvalue weighted by atomic mass is 16.3. The van der Waals surface area contributed by atoms with Gasteiger partial charge in [0, 0.05) is 5.56 Å². The second-order valence-electron chi connectivity index (χ2n) is 5.18. The Labute approximate surface area is 128 Å². The molecule has 0 aliphatic heterocycles. The van der Waals surface area contributed by atoms with Gasteiger partial charge in [-0.3, -0.25) is 4.79 Å². The molecule has 0 aliphatic carbocycles. The second-order valence-corrected chi connectivity index (χ2v) is 5.18. The molecule has 0 spiro atoms. The third-order valence-electron chi connectivity index (χ3n) is 3.62. The highest BCUT2D eigenvalue weighted by Crippen LogP contribution is 2.22. The lowest BCUT2D eigenvalue weighted by Gasteiger charge is -2.04. The number of aryl methyl sites for hydroxylation is 2. The van der Waals surface area contributed by atoms with E-state index in [1.54, 1.807) is 24.3 Å². The van der Waals surface area contributed by atoms with E-state index < -0.39 is 0 Å². The molecule has 3 nitrogen and oxygen atoms in total. The van der Waals surface area contributed by atoms with Gasteiger partial charge in [-0.1, -0.05) is 36.4 Å². The number of carbonyl (C=O) groups is 1. The average molecular weight is 292 g/mol.